The van der Waals surface area contributed by atoms with Crippen LogP contribution < -0.4 is 4.90 Å². The van der Waals surface area contributed by atoms with E-state index in [9.17, 15) is 9.59 Å². The van der Waals surface area contributed by atoms with Gasteiger partial charge in [-0.25, -0.2) is 4.79 Å². The highest BCUT2D eigenvalue weighted by Crippen LogP contribution is 2.28. The first-order chi connectivity index (χ1) is 11.7. The Balaban J connectivity index is 1.74. The fraction of sp³-hybridized carbons (Fsp3) is 0.474. The number of ether oxygens (including phenoxy) is 1. The van der Waals surface area contributed by atoms with Crippen LogP contribution in [-0.2, 0) is 4.74 Å². The third-order valence-electron chi connectivity index (χ3n) is 4.29. The zero-order valence-corrected chi connectivity index (χ0v) is 15.3. The summed E-state index contributed by atoms with van der Waals surface area (Å²) in [4.78, 5) is 31.0. The van der Waals surface area contributed by atoms with Crippen molar-refractivity contribution < 1.29 is 14.3 Å². The number of carbonyl (C=O) groups is 2. The van der Waals surface area contributed by atoms with Gasteiger partial charge in [0.05, 0.1) is 5.69 Å². The fourth-order valence-electron chi connectivity index (χ4n) is 3.06. The summed E-state index contributed by atoms with van der Waals surface area (Å²) in [6.45, 7) is 9.90. The van der Waals surface area contributed by atoms with E-state index in [0.717, 1.165) is 29.7 Å². The van der Waals surface area contributed by atoms with Crippen LogP contribution >= 0.6 is 0 Å². The summed E-state index contributed by atoms with van der Waals surface area (Å²) in [5.74, 6) is 0.0249. The number of Topliss-reactive ketones (excluding diaryl/α,β-unsaturated/α-hetero) is 1. The number of hydrogen-bond donors (Lipinski definition) is 1. The van der Waals surface area contributed by atoms with Crippen LogP contribution in [0.25, 0.3) is 10.9 Å². The number of anilines is 1. The summed E-state index contributed by atoms with van der Waals surface area (Å²) in [6.07, 6.45) is -0.258. The molecule has 3 rings (SSSR count). The van der Waals surface area contributed by atoms with Gasteiger partial charge in [0.25, 0.3) is 0 Å². The SMILES string of the molecule is CC(=O)c1cc2c(N3CCN(C(=O)OC(C)(C)C)CC3)cccc2[nH]1. The Morgan fingerprint density at radius 3 is 2.40 bits per heavy atom. The maximum atomic E-state index is 12.2. The molecule has 1 aromatic carbocycles. The molecule has 0 atom stereocenters. The molecule has 1 saturated heterocycles. The summed E-state index contributed by atoms with van der Waals surface area (Å²) in [5.41, 5.74) is 2.19. The Hall–Kier alpha value is -2.50. The van der Waals surface area contributed by atoms with Gasteiger partial charge in [-0.3, -0.25) is 4.79 Å². The van der Waals surface area contributed by atoms with E-state index < -0.39 is 5.60 Å². The quantitative estimate of drug-likeness (QED) is 0.849. The smallest absolute Gasteiger partial charge is 0.410 e. The molecule has 25 heavy (non-hydrogen) atoms. The standard InChI is InChI=1S/C19H25N3O3/c1-13(23)16-12-14-15(20-16)6-5-7-17(14)21-8-10-22(11-9-21)18(24)25-19(2,3)4/h5-7,12,20H,8-11H2,1-4H3. The van der Waals surface area contributed by atoms with Crippen molar-refractivity contribution in [2.75, 3.05) is 31.1 Å². The van der Waals surface area contributed by atoms with Gasteiger partial charge < -0.3 is 19.5 Å². The van der Waals surface area contributed by atoms with Crippen molar-refractivity contribution in [1.29, 1.82) is 0 Å². The van der Waals surface area contributed by atoms with Crippen LogP contribution in [0.15, 0.2) is 24.3 Å². The number of nitrogens with one attached hydrogen (secondary N) is 1. The molecule has 134 valence electrons. The van der Waals surface area contributed by atoms with Crippen LogP contribution in [-0.4, -0.2) is 53.5 Å². The number of aromatic nitrogens is 1. The number of rotatable bonds is 2. The second-order valence-electron chi connectivity index (χ2n) is 7.43. The maximum Gasteiger partial charge on any atom is 0.410 e. The monoisotopic (exact) mass is 343 g/mol. The average Bonchev–Trinajstić information content (AvgIpc) is 2.98. The lowest BCUT2D eigenvalue weighted by Gasteiger charge is -2.37. The number of piperazine rings is 1. The summed E-state index contributed by atoms with van der Waals surface area (Å²) in [5, 5.41) is 1.04. The number of nitrogens with zero attached hydrogens (tertiary/aromatic N) is 2. The van der Waals surface area contributed by atoms with Crippen molar-refractivity contribution in [3.63, 3.8) is 0 Å². The summed E-state index contributed by atoms with van der Waals surface area (Å²) >= 11 is 0. The molecule has 0 radical (unpaired) electrons. The maximum absolute atomic E-state index is 12.2. The summed E-state index contributed by atoms with van der Waals surface area (Å²) < 4.78 is 5.44. The lowest BCUT2D eigenvalue weighted by atomic mass is 10.1. The van der Waals surface area contributed by atoms with Gasteiger partial charge in [0.2, 0.25) is 0 Å². The molecule has 1 amide bonds. The molecule has 0 unspecified atom stereocenters. The Morgan fingerprint density at radius 2 is 1.80 bits per heavy atom. The molecule has 1 aromatic heterocycles. The number of amides is 1. The number of hydrogen-bond acceptors (Lipinski definition) is 4. The van der Waals surface area contributed by atoms with Crippen LogP contribution in [0.4, 0.5) is 10.5 Å². The van der Waals surface area contributed by atoms with Gasteiger partial charge in [-0.1, -0.05) is 6.07 Å². The lowest BCUT2D eigenvalue weighted by molar-refractivity contribution is 0.0240. The van der Waals surface area contributed by atoms with Crippen molar-refractivity contribution in [2.45, 2.75) is 33.3 Å². The summed E-state index contributed by atoms with van der Waals surface area (Å²) in [7, 11) is 0. The molecule has 1 N–H and O–H groups in total. The first kappa shape index (κ1) is 17.3. The third-order valence-corrected chi connectivity index (χ3v) is 4.29. The largest absolute Gasteiger partial charge is 0.444 e. The Kier molecular flexibility index (Phi) is 4.45. The molecule has 1 aliphatic rings. The second kappa shape index (κ2) is 6.43. The number of ketones is 1. The number of aromatic amines is 1. The molecular formula is C19H25N3O3. The molecule has 0 saturated carbocycles. The van der Waals surface area contributed by atoms with Gasteiger partial charge >= 0.3 is 6.09 Å². The van der Waals surface area contributed by atoms with Crippen LogP contribution in [0.1, 0.15) is 38.2 Å². The van der Waals surface area contributed by atoms with Gasteiger partial charge in [-0.05, 0) is 39.0 Å². The minimum Gasteiger partial charge on any atom is -0.444 e. The van der Waals surface area contributed by atoms with Crippen LogP contribution in [0, 0.1) is 0 Å². The van der Waals surface area contributed by atoms with E-state index in [1.165, 1.54) is 0 Å². The van der Waals surface area contributed by atoms with E-state index in [4.69, 9.17) is 4.74 Å². The molecule has 6 nitrogen and oxygen atoms in total. The Morgan fingerprint density at radius 1 is 1.12 bits per heavy atom. The molecule has 0 bridgehead atoms. The molecule has 1 aliphatic heterocycles. The first-order valence-corrected chi connectivity index (χ1v) is 8.60. The zero-order valence-electron chi connectivity index (χ0n) is 15.3. The summed E-state index contributed by atoms with van der Waals surface area (Å²) in [6, 6.07) is 7.93. The average molecular weight is 343 g/mol. The van der Waals surface area contributed by atoms with Crippen LogP contribution in [0.3, 0.4) is 0 Å². The molecule has 1 fully saturated rings. The molecule has 2 heterocycles. The van der Waals surface area contributed by atoms with Crippen LogP contribution in [0.5, 0.6) is 0 Å². The van der Waals surface area contributed by atoms with E-state index in [1.807, 2.05) is 39.0 Å². The highest BCUT2D eigenvalue weighted by molar-refractivity contribution is 6.02. The number of benzene rings is 1. The van der Waals surface area contributed by atoms with Crippen LogP contribution in [0.2, 0.25) is 0 Å². The third kappa shape index (κ3) is 3.78. The lowest BCUT2D eigenvalue weighted by Crippen LogP contribution is -2.50. The normalized spacial score (nSPS) is 15.5. The van der Waals surface area contributed by atoms with E-state index in [-0.39, 0.29) is 11.9 Å². The van der Waals surface area contributed by atoms with Crippen molar-refractivity contribution in [3.05, 3.63) is 30.0 Å². The van der Waals surface area contributed by atoms with E-state index in [1.54, 1.807) is 11.8 Å². The molecular weight excluding hydrogens is 318 g/mol. The number of carbonyl (C=O) groups excluding carboxylic acids is 2. The van der Waals surface area contributed by atoms with Gasteiger partial charge in [0.15, 0.2) is 5.78 Å². The van der Waals surface area contributed by atoms with Crippen molar-refractivity contribution in [1.82, 2.24) is 9.88 Å². The van der Waals surface area contributed by atoms with Gasteiger partial charge in [-0.15, -0.1) is 0 Å². The molecule has 6 heteroatoms. The highest BCUT2D eigenvalue weighted by atomic mass is 16.6. The minimum absolute atomic E-state index is 0.0249. The zero-order chi connectivity index (χ0) is 18.2. The van der Waals surface area contributed by atoms with Gasteiger partial charge in [-0.2, -0.15) is 0 Å². The molecule has 0 aliphatic carbocycles. The second-order valence-corrected chi connectivity index (χ2v) is 7.43. The van der Waals surface area contributed by atoms with E-state index in [2.05, 4.69) is 16.0 Å². The van der Waals surface area contributed by atoms with Gasteiger partial charge in [0, 0.05) is 49.7 Å². The van der Waals surface area contributed by atoms with Crippen molar-refractivity contribution in [2.24, 2.45) is 0 Å². The highest BCUT2D eigenvalue weighted by Gasteiger charge is 2.26. The Bertz CT molecular complexity index is 796. The van der Waals surface area contributed by atoms with E-state index >= 15 is 0 Å². The predicted octanol–water partition coefficient (Wildman–Crippen LogP) is 3.43. The first-order valence-electron chi connectivity index (χ1n) is 8.60. The van der Waals surface area contributed by atoms with Gasteiger partial charge in [0.1, 0.15) is 5.60 Å². The predicted molar refractivity (Wildman–Crippen MR) is 98.3 cm³/mol. The topological polar surface area (TPSA) is 65.6 Å². The molecule has 2 aromatic rings. The number of fused-ring (bicyclic) bond motifs is 1. The minimum atomic E-state index is -0.478. The van der Waals surface area contributed by atoms with Crippen molar-refractivity contribution in [3.8, 4) is 0 Å². The number of H-pyrrole nitrogens is 1. The Labute approximate surface area is 147 Å². The molecule has 0 spiro atoms. The van der Waals surface area contributed by atoms with E-state index in [0.29, 0.717) is 18.8 Å². The van der Waals surface area contributed by atoms with Crippen molar-refractivity contribution >= 4 is 28.5 Å². The fourth-order valence-corrected chi connectivity index (χ4v) is 3.06.